The summed E-state index contributed by atoms with van der Waals surface area (Å²) in [6.45, 7) is 5.22. The molecule has 1 unspecified atom stereocenters. The molecule has 7 heteroatoms. The van der Waals surface area contributed by atoms with Gasteiger partial charge in [0.05, 0.1) is 19.3 Å². The fraction of sp³-hybridized carbons (Fsp3) is 0.381. The van der Waals surface area contributed by atoms with Crippen molar-refractivity contribution in [1.29, 1.82) is 0 Å². The molecule has 0 aliphatic carbocycles. The maximum Gasteiger partial charge on any atom is 0.317 e. The van der Waals surface area contributed by atoms with Crippen molar-refractivity contribution in [3.8, 4) is 0 Å². The molecule has 2 aromatic carbocycles. The Morgan fingerprint density at radius 3 is 2.54 bits per heavy atom. The van der Waals surface area contributed by atoms with E-state index < -0.39 is 17.7 Å². The Morgan fingerprint density at radius 1 is 1.18 bits per heavy atom. The summed E-state index contributed by atoms with van der Waals surface area (Å²) in [5.74, 6) is -1.07. The third kappa shape index (κ3) is 4.78. The average Bonchev–Trinajstić information content (AvgIpc) is 2.73. The molecule has 1 atom stereocenters. The van der Waals surface area contributed by atoms with E-state index in [4.69, 9.17) is 4.74 Å². The third-order valence-corrected chi connectivity index (χ3v) is 5.07. The molecule has 0 bridgehead atoms. The Hall–Kier alpha value is -2.67. The Balaban J connectivity index is 1.56. The number of benzene rings is 2. The predicted octanol–water partition coefficient (Wildman–Crippen LogP) is 3.70. The lowest BCUT2D eigenvalue weighted by Crippen LogP contribution is -2.38. The second kappa shape index (κ2) is 9.01. The number of nitrogens with one attached hydrogen (secondary N) is 1. The molecule has 1 N–H and O–H groups in total. The van der Waals surface area contributed by atoms with E-state index in [-0.39, 0.29) is 11.6 Å². The number of rotatable bonds is 5. The van der Waals surface area contributed by atoms with Gasteiger partial charge in [-0.25, -0.2) is 13.6 Å². The third-order valence-electron chi connectivity index (χ3n) is 5.07. The topological polar surface area (TPSA) is 44.8 Å². The number of carbonyl (C=O) groups is 1. The van der Waals surface area contributed by atoms with Gasteiger partial charge in [0.25, 0.3) is 0 Å². The van der Waals surface area contributed by atoms with Gasteiger partial charge in [0.2, 0.25) is 0 Å². The number of morpholine rings is 1. The van der Waals surface area contributed by atoms with Crippen molar-refractivity contribution >= 4 is 11.7 Å². The highest BCUT2D eigenvalue weighted by atomic mass is 19.1. The number of halogens is 2. The van der Waals surface area contributed by atoms with Gasteiger partial charge >= 0.3 is 6.03 Å². The van der Waals surface area contributed by atoms with E-state index in [0.29, 0.717) is 6.54 Å². The maximum absolute atomic E-state index is 13.9. The van der Waals surface area contributed by atoms with Gasteiger partial charge in [-0.1, -0.05) is 12.1 Å². The molecule has 5 nitrogen and oxygen atoms in total. The van der Waals surface area contributed by atoms with Gasteiger partial charge in [-0.2, -0.15) is 0 Å². The monoisotopic (exact) mass is 389 g/mol. The highest BCUT2D eigenvalue weighted by molar-refractivity contribution is 5.74. The molecule has 2 aromatic rings. The van der Waals surface area contributed by atoms with Gasteiger partial charge in [-0.05, 0) is 42.8 Å². The predicted molar refractivity (Wildman–Crippen MR) is 104 cm³/mol. The van der Waals surface area contributed by atoms with Gasteiger partial charge in [0, 0.05) is 37.9 Å². The van der Waals surface area contributed by atoms with Crippen LogP contribution in [-0.4, -0.2) is 44.3 Å². The quantitative estimate of drug-likeness (QED) is 0.848. The van der Waals surface area contributed by atoms with Gasteiger partial charge in [-0.3, -0.25) is 0 Å². The zero-order valence-corrected chi connectivity index (χ0v) is 16.1. The SMILES string of the molecule is CC(c1cc(F)ccc1F)N(C)C(=O)NCc1ccc(N2CCOCC2)cc1. The standard InChI is InChI=1S/C21H25F2N3O2/c1-15(19-13-17(22)5-8-20(19)23)25(2)21(27)24-14-16-3-6-18(7-4-16)26-9-11-28-12-10-26/h3-8,13,15H,9-12,14H2,1-2H3,(H,24,27). The van der Waals surface area contributed by atoms with Crippen LogP contribution in [0.25, 0.3) is 0 Å². The van der Waals surface area contributed by atoms with E-state index in [2.05, 4.69) is 10.2 Å². The lowest BCUT2D eigenvalue weighted by atomic mass is 10.1. The number of hydrogen-bond acceptors (Lipinski definition) is 3. The molecule has 0 spiro atoms. The highest BCUT2D eigenvalue weighted by Gasteiger charge is 2.20. The van der Waals surface area contributed by atoms with Crippen LogP contribution in [0.5, 0.6) is 0 Å². The summed E-state index contributed by atoms with van der Waals surface area (Å²) >= 11 is 0. The number of amides is 2. The molecule has 1 heterocycles. The summed E-state index contributed by atoms with van der Waals surface area (Å²) < 4.78 is 32.7. The zero-order valence-electron chi connectivity index (χ0n) is 16.1. The summed E-state index contributed by atoms with van der Waals surface area (Å²) in [6, 6.07) is 10.3. The van der Waals surface area contributed by atoms with Crippen LogP contribution >= 0.6 is 0 Å². The van der Waals surface area contributed by atoms with E-state index in [1.54, 1.807) is 14.0 Å². The minimum atomic E-state index is -0.598. The van der Waals surface area contributed by atoms with Crippen LogP contribution in [-0.2, 0) is 11.3 Å². The molecule has 1 aliphatic heterocycles. The lowest BCUT2D eigenvalue weighted by Gasteiger charge is -2.29. The largest absolute Gasteiger partial charge is 0.378 e. The molecule has 28 heavy (non-hydrogen) atoms. The summed E-state index contributed by atoms with van der Waals surface area (Å²) in [5.41, 5.74) is 2.24. The van der Waals surface area contributed by atoms with Gasteiger partial charge in [0.15, 0.2) is 0 Å². The van der Waals surface area contributed by atoms with Crippen molar-refractivity contribution in [2.24, 2.45) is 0 Å². The average molecular weight is 389 g/mol. The first-order valence-corrected chi connectivity index (χ1v) is 9.33. The summed E-state index contributed by atoms with van der Waals surface area (Å²) in [7, 11) is 1.56. The van der Waals surface area contributed by atoms with E-state index in [1.165, 1.54) is 4.90 Å². The highest BCUT2D eigenvalue weighted by Crippen LogP contribution is 2.23. The van der Waals surface area contributed by atoms with Crippen molar-refractivity contribution in [1.82, 2.24) is 10.2 Å². The van der Waals surface area contributed by atoms with E-state index >= 15 is 0 Å². The normalized spacial score (nSPS) is 15.2. The molecule has 1 fully saturated rings. The van der Waals surface area contributed by atoms with Gasteiger partial charge in [-0.15, -0.1) is 0 Å². The Kier molecular flexibility index (Phi) is 6.46. The first-order chi connectivity index (χ1) is 13.5. The first kappa shape index (κ1) is 20.1. The molecule has 0 saturated carbocycles. The Morgan fingerprint density at radius 2 is 1.86 bits per heavy atom. The summed E-state index contributed by atoms with van der Waals surface area (Å²) in [4.78, 5) is 16.0. The van der Waals surface area contributed by atoms with E-state index in [1.807, 2.05) is 24.3 Å². The summed E-state index contributed by atoms with van der Waals surface area (Å²) in [6.07, 6.45) is 0. The van der Waals surface area contributed by atoms with Crippen LogP contribution < -0.4 is 10.2 Å². The maximum atomic E-state index is 13.9. The number of ether oxygens (including phenoxy) is 1. The van der Waals surface area contributed by atoms with Crippen molar-refractivity contribution in [3.63, 3.8) is 0 Å². The van der Waals surface area contributed by atoms with Crippen molar-refractivity contribution in [2.75, 3.05) is 38.3 Å². The van der Waals surface area contributed by atoms with Crippen LogP contribution in [0.1, 0.15) is 24.1 Å². The molecule has 3 rings (SSSR count). The van der Waals surface area contributed by atoms with Gasteiger partial charge in [0.1, 0.15) is 11.6 Å². The smallest absolute Gasteiger partial charge is 0.317 e. The van der Waals surface area contributed by atoms with Crippen LogP contribution in [0, 0.1) is 11.6 Å². The molecule has 1 aliphatic rings. The molecule has 1 saturated heterocycles. The molecule has 0 aromatic heterocycles. The zero-order chi connectivity index (χ0) is 20.1. The van der Waals surface area contributed by atoms with E-state index in [0.717, 1.165) is 55.8 Å². The Labute approximate surface area is 163 Å². The molecular weight excluding hydrogens is 364 g/mol. The number of carbonyl (C=O) groups excluding carboxylic acids is 1. The molecule has 150 valence electrons. The number of nitrogens with zero attached hydrogens (tertiary/aromatic N) is 2. The number of urea groups is 1. The molecule has 0 radical (unpaired) electrons. The van der Waals surface area contributed by atoms with Gasteiger partial charge < -0.3 is 19.9 Å². The van der Waals surface area contributed by atoms with Crippen molar-refractivity contribution < 1.29 is 18.3 Å². The summed E-state index contributed by atoms with van der Waals surface area (Å²) in [5, 5.41) is 2.82. The van der Waals surface area contributed by atoms with E-state index in [9.17, 15) is 13.6 Å². The van der Waals surface area contributed by atoms with Crippen LogP contribution in [0.3, 0.4) is 0 Å². The minimum Gasteiger partial charge on any atom is -0.378 e. The Bertz CT molecular complexity index is 808. The fourth-order valence-electron chi connectivity index (χ4n) is 3.17. The first-order valence-electron chi connectivity index (χ1n) is 9.33. The second-order valence-electron chi connectivity index (χ2n) is 6.88. The number of hydrogen-bond donors (Lipinski definition) is 1. The van der Waals surface area contributed by atoms with Crippen molar-refractivity contribution in [3.05, 3.63) is 65.2 Å². The fourth-order valence-corrected chi connectivity index (χ4v) is 3.17. The molecular formula is C21H25F2N3O2. The number of anilines is 1. The molecule has 2 amide bonds. The van der Waals surface area contributed by atoms with Crippen molar-refractivity contribution in [2.45, 2.75) is 19.5 Å². The second-order valence-corrected chi connectivity index (χ2v) is 6.88. The van der Waals surface area contributed by atoms with Crippen LogP contribution in [0.4, 0.5) is 19.3 Å². The van der Waals surface area contributed by atoms with Crippen LogP contribution in [0.2, 0.25) is 0 Å². The van der Waals surface area contributed by atoms with Crippen LogP contribution in [0.15, 0.2) is 42.5 Å². The lowest BCUT2D eigenvalue weighted by molar-refractivity contribution is 0.122. The minimum absolute atomic E-state index is 0.146.